The van der Waals surface area contributed by atoms with Crippen molar-refractivity contribution in [3.63, 3.8) is 0 Å². The maximum atomic E-state index is 13.6. The number of aromatic nitrogens is 2. The van der Waals surface area contributed by atoms with Gasteiger partial charge in [-0.05, 0) is 30.2 Å². The van der Waals surface area contributed by atoms with Gasteiger partial charge in [-0.15, -0.1) is 0 Å². The van der Waals surface area contributed by atoms with Crippen LogP contribution >= 0.6 is 11.6 Å². The Kier molecular flexibility index (Phi) is 7.65. The summed E-state index contributed by atoms with van der Waals surface area (Å²) >= 11 is 6.26. The minimum atomic E-state index is -0.949. The quantitative estimate of drug-likeness (QED) is 0.683. The van der Waals surface area contributed by atoms with Crippen molar-refractivity contribution in [1.82, 2.24) is 9.97 Å². The van der Waals surface area contributed by atoms with E-state index in [0.29, 0.717) is 16.3 Å². The number of nitrogens with zero attached hydrogens (tertiary/aromatic N) is 2. The van der Waals surface area contributed by atoms with E-state index in [-0.39, 0.29) is 12.0 Å². The molecule has 0 aliphatic carbocycles. The van der Waals surface area contributed by atoms with Gasteiger partial charge in [0.15, 0.2) is 5.82 Å². The number of nitrogens with one attached hydrogen (secondary N) is 1. The van der Waals surface area contributed by atoms with Crippen LogP contribution in [0, 0.1) is 11.6 Å². The van der Waals surface area contributed by atoms with Gasteiger partial charge >= 0.3 is 6.15 Å². The van der Waals surface area contributed by atoms with E-state index >= 15 is 0 Å². The smallest absolute Gasteiger partial charge is 0.305 e. The Hall–Kier alpha value is -3.48. The molecule has 0 saturated heterocycles. The van der Waals surface area contributed by atoms with Gasteiger partial charge in [-0.25, -0.2) is 13.8 Å². The molecule has 1 N–H and O–H groups in total. The number of amides is 1. The van der Waals surface area contributed by atoms with Crippen molar-refractivity contribution >= 4 is 29.5 Å². The lowest BCUT2D eigenvalue weighted by Gasteiger charge is -2.08. The van der Waals surface area contributed by atoms with Crippen molar-refractivity contribution in [3.8, 4) is 11.3 Å². The van der Waals surface area contributed by atoms with Crippen LogP contribution in [0.3, 0.4) is 0 Å². The first kappa shape index (κ1) is 21.8. The summed E-state index contributed by atoms with van der Waals surface area (Å²) < 4.78 is 27.3. The van der Waals surface area contributed by atoms with Gasteiger partial charge in [0.05, 0.1) is 23.1 Å². The molecule has 29 heavy (non-hydrogen) atoms. The van der Waals surface area contributed by atoms with E-state index in [4.69, 9.17) is 21.2 Å². The standard InChI is InChI=1S/C19H14ClF2N3O.CO2/c1-2-11-6-7-12(13(20)8-11)16-9-24-17(10-23-16)25-19(26)18-14(21)4-3-5-15(18)22;2-1-3/h3-10H,2H2,1H3,(H,24,25,26);. The lowest BCUT2D eigenvalue weighted by atomic mass is 10.1. The zero-order valence-corrected chi connectivity index (χ0v) is 15.8. The van der Waals surface area contributed by atoms with Crippen molar-refractivity contribution in [3.05, 3.63) is 76.6 Å². The van der Waals surface area contributed by atoms with E-state index in [1.807, 2.05) is 25.1 Å². The van der Waals surface area contributed by atoms with Crippen LogP contribution in [-0.2, 0) is 16.0 Å². The van der Waals surface area contributed by atoms with Gasteiger partial charge in [0, 0.05) is 5.56 Å². The molecule has 9 heteroatoms. The van der Waals surface area contributed by atoms with E-state index < -0.39 is 23.1 Å². The lowest BCUT2D eigenvalue weighted by Crippen LogP contribution is -2.16. The SMILES string of the molecule is CCc1ccc(-c2cnc(NC(=O)c3c(F)cccc3F)cn2)c(Cl)c1.O=C=O. The second kappa shape index (κ2) is 10.2. The van der Waals surface area contributed by atoms with Gasteiger partial charge < -0.3 is 5.32 Å². The lowest BCUT2D eigenvalue weighted by molar-refractivity contribution is -0.191. The Balaban J connectivity index is 0.000000941. The van der Waals surface area contributed by atoms with Crippen molar-refractivity contribution in [2.75, 3.05) is 5.32 Å². The topological polar surface area (TPSA) is 89.0 Å². The molecule has 0 bridgehead atoms. The Morgan fingerprint density at radius 3 is 2.28 bits per heavy atom. The molecule has 1 amide bonds. The van der Waals surface area contributed by atoms with E-state index in [9.17, 15) is 13.6 Å². The number of halogens is 3. The third-order valence-electron chi connectivity index (χ3n) is 3.80. The van der Waals surface area contributed by atoms with Gasteiger partial charge in [0.2, 0.25) is 0 Å². The first-order valence-corrected chi connectivity index (χ1v) is 8.64. The first-order chi connectivity index (χ1) is 13.9. The van der Waals surface area contributed by atoms with Gasteiger partial charge in [-0.3, -0.25) is 9.78 Å². The summed E-state index contributed by atoms with van der Waals surface area (Å²) in [6.07, 6.45) is 3.85. The summed E-state index contributed by atoms with van der Waals surface area (Å²) in [5.41, 5.74) is 1.65. The summed E-state index contributed by atoms with van der Waals surface area (Å²) in [4.78, 5) is 36.6. The Labute approximate surface area is 169 Å². The summed E-state index contributed by atoms with van der Waals surface area (Å²) in [5.74, 6) is -2.76. The molecule has 148 valence electrons. The highest BCUT2D eigenvalue weighted by atomic mass is 35.5. The molecular weight excluding hydrogens is 404 g/mol. The third-order valence-corrected chi connectivity index (χ3v) is 4.11. The van der Waals surface area contributed by atoms with Crippen LogP contribution in [0.15, 0.2) is 48.8 Å². The van der Waals surface area contributed by atoms with Crippen LogP contribution < -0.4 is 5.32 Å². The molecule has 0 spiro atoms. The summed E-state index contributed by atoms with van der Waals surface area (Å²) in [6.45, 7) is 2.03. The normalized spacial score (nSPS) is 9.79. The maximum Gasteiger partial charge on any atom is 0.373 e. The number of hydrogen-bond donors (Lipinski definition) is 1. The van der Waals surface area contributed by atoms with Crippen LogP contribution in [0.5, 0.6) is 0 Å². The van der Waals surface area contributed by atoms with Crippen molar-refractivity contribution in [2.45, 2.75) is 13.3 Å². The highest BCUT2D eigenvalue weighted by Crippen LogP contribution is 2.27. The monoisotopic (exact) mass is 417 g/mol. The van der Waals surface area contributed by atoms with Gasteiger partial charge in [-0.2, -0.15) is 9.59 Å². The largest absolute Gasteiger partial charge is 0.373 e. The predicted molar refractivity (Wildman–Crippen MR) is 101 cm³/mol. The average Bonchev–Trinajstić information content (AvgIpc) is 2.69. The number of anilines is 1. The van der Waals surface area contributed by atoms with Gasteiger partial charge in [-0.1, -0.05) is 36.7 Å². The molecule has 6 nitrogen and oxygen atoms in total. The van der Waals surface area contributed by atoms with Crippen LogP contribution in [0.25, 0.3) is 11.3 Å². The predicted octanol–water partition coefficient (Wildman–Crippen LogP) is 4.31. The average molecular weight is 418 g/mol. The number of hydrogen-bond acceptors (Lipinski definition) is 5. The Morgan fingerprint density at radius 2 is 1.76 bits per heavy atom. The second-order valence-electron chi connectivity index (χ2n) is 5.59. The minimum absolute atomic E-state index is 0.0719. The Morgan fingerprint density at radius 1 is 1.10 bits per heavy atom. The molecule has 1 aromatic heterocycles. The second-order valence-corrected chi connectivity index (χ2v) is 6.00. The maximum absolute atomic E-state index is 13.6. The molecule has 0 aliphatic heterocycles. The molecule has 0 saturated carbocycles. The molecule has 0 aliphatic rings. The highest BCUT2D eigenvalue weighted by molar-refractivity contribution is 6.33. The summed E-state index contributed by atoms with van der Waals surface area (Å²) in [5, 5.41) is 2.87. The van der Waals surface area contributed by atoms with E-state index in [1.54, 1.807) is 0 Å². The molecule has 1 heterocycles. The summed E-state index contributed by atoms with van der Waals surface area (Å²) in [6, 6.07) is 8.85. The van der Waals surface area contributed by atoms with Crippen molar-refractivity contribution < 1.29 is 23.2 Å². The minimum Gasteiger partial charge on any atom is -0.305 e. The molecule has 0 atom stereocenters. The fourth-order valence-electron chi connectivity index (χ4n) is 2.41. The van der Waals surface area contributed by atoms with Crippen LogP contribution in [-0.4, -0.2) is 22.0 Å². The number of rotatable bonds is 4. The molecule has 2 aromatic carbocycles. The van der Waals surface area contributed by atoms with E-state index in [2.05, 4.69) is 15.3 Å². The molecule has 3 rings (SSSR count). The van der Waals surface area contributed by atoms with Gasteiger partial charge in [0.25, 0.3) is 5.91 Å². The number of carbonyl (C=O) groups is 1. The zero-order valence-electron chi connectivity index (χ0n) is 15.1. The van der Waals surface area contributed by atoms with Crippen LogP contribution in [0.4, 0.5) is 14.6 Å². The molecule has 0 radical (unpaired) electrons. The van der Waals surface area contributed by atoms with Crippen molar-refractivity contribution in [1.29, 1.82) is 0 Å². The Bertz CT molecular complexity index is 1030. The van der Waals surface area contributed by atoms with Crippen LogP contribution in [0.1, 0.15) is 22.8 Å². The molecule has 0 unspecified atom stereocenters. The van der Waals surface area contributed by atoms with E-state index in [0.717, 1.165) is 24.1 Å². The summed E-state index contributed by atoms with van der Waals surface area (Å²) in [7, 11) is 0. The number of carbonyl (C=O) groups excluding carboxylic acids is 3. The zero-order chi connectivity index (χ0) is 21.4. The van der Waals surface area contributed by atoms with Crippen molar-refractivity contribution in [2.24, 2.45) is 0 Å². The fraction of sp³-hybridized carbons (Fsp3) is 0.100. The number of benzene rings is 2. The molecular formula is C20H14ClF2N3O3. The third kappa shape index (κ3) is 5.51. The van der Waals surface area contributed by atoms with Crippen LogP contribution in [0.2, 0.25) is 5.02 Å². The molecule has 3 aromatic rings. The highest BCUT2D eigenvalue weighted by Gasteiger charge is 2.17. The van der Waals surface area contributed by atoms with E-state index in [1.165, 1.54) is 18.5 Å². The van der Waals surface area contributed by atoms with Gasteiger partial charge in [0.1, 0.15) is 17.2 Å². The number of aryl methyl sites for hydroxylation is 1. The fourth-order valence-corrected chi connectivity index (χ4v) is 2.71. The first-order valence-electron chi connectivity index (χ1n) is 8.26. The molecule has 0 fully saturated rings.